The largest absolute Gasteiger partial charge is 0.399 e. The highest BCUT2D eigenvalue weighted by Crippen LogP contribution is 2.18. The molecule has 0 aliphatic rings. The number of amides is 1. The average molecular weight is 248 g/mol. The van der Waals surface area contributed by atoms with Gasteiger partial charge in [0.15, 0.2) is 5.69 Å². The van der Waals surface area contributed by atoms with E-state index in [1.54, 1.807) is 18.2 Å². The van der Waals surface area contributed by atoms with E-state index in [0.29, 0.717) is 23.2 Å². The zero-order valence-electron chi connectivity index (χ0n) is 10.1. The number of aromatic amines is 1. The third kappa shape index (κ3) is 2.28. The Balaban J connectivity index is 2.30. The lowest BCUT2D eigenvalue weighted by atomic mass is 10.1. The number of nitrogens with two attached hydrogens (primary N) is 1. The summed E-state index contributed by atoms with van der Waals surface area (Å²) >= 11 is 0. The van der Waals surface area contributed by atoms with Crippen molar-refractivity contribution in [2.24, 2.45) is 0 Å². The second kappa shape index (κ2) is 5.05. The molecule has 18 heavy (non-hydrogen) atoms. The lowest BCUT2D eigenvalue weighted by molar-refractivity contribution is 0.0911. The average Bonchev–Trinajstić information content (AvgIpc) is 2.78. The van der Waals surface area contributed by atoms with Crippen LogP contribution in [0.4, 0.5) is 5.69 Å². The lowest BCUT2D eigenvalue weighted by Gasteiger charge is -2.12. The van der Waals surface area contributed by atoms with Crippen LogP contribution in [0, 0.1) is 0 Å². The molecule has 2 rings (SSSR count). The smallest absolute Gasteiger partial charge is 0.272 e. The van der Waals surface area contributed by atoms with Gasteiger partial charge in [0.25, 0.3) is 5.91 Å². The summed E-state index contributed by atoms with van der Waals surface area (Å²) in [6.07, 6.45) is 0.659. The topological polar surface area (TPSA) is 104 Å². The number of nitrogen functional groups attached to an aromatic ring is 1. The number of aromatic nitrogens is 2. The number of benzene rings is 1. The van der Waals surface area contributed by atoms with Crippen LogP contribution in [0.1, 0.15) is 23.8 Å². The molecule has 1 aromatic carbocycles. The van der Waals surface area contributed by atoms with Crippen LogP contribution >= 0.6 is 0 Å². The van der Waals surface area contributed by atoms with Gasteiger partial charge in [-0.15, -0.1) is 0 Å². The highest BCUT2D eigenvalue weighted by Gasteiger charge is 2.17. The molecule has 1 aromatic heterocycles. The minimum absolute atomic E-state index is 0.0905. The number of anilines is 1. The van der Waals surface area contributed by atoms with Crippen molar-refractivity contribution < 1.29 is 9.90 Å². The number of carbonyl (C=O) groups is 1. The summed E-state index contributed by atoms with van der Waals surface area (Å²) in [7, 11) is 0. The first-order valence-electron chi connectivity index (χ1n) is 5.81. The SMILES string of the molecule is CC[C@@H](CO)NC(=O)c1n[nH]c2ccc(N)cc12. The van der Waals surface area contributed by atoms with Crippen molar-refractivity contribution in [3.8, 4) is 0 Å². The van der Waals surface area contributed by atoms with Crippen molar-refractivity contribution in [2.75, 3.05) is 12.3 Å². The molecule has 0 saturated heterocycles. The molecule has 0 saturated carbocycles. The maximum absolute atomic E-state index is 12.0. The molecule has 0 aliphatic heterocycles. The number of aliphatic hydroxyl groups excluding tert-OH is 1. The molecule has 0 aliphatic carbocycles. The molecule has 1 atom stereocenters. The molecule has 6 heteroatoms. The molecule has 5 N–H and O–H groups in total. The number of hydrogen-bond donors (Lipinski definition) is 4. The molecule has 96 valence electrons. The van der Waals surface area contributed by atoms with Gasteiger partial charge in [0.1, 0.15) is 0 Å². The number of nitrogens with one attached hydrogen (secondary N) is 2. The summed E-state index contributed by atoms with van der Waals surface area (Å²) in [5, 5.41) is 19.2. The van der Waals surface area contributed by atoms with Gasteiger partial charge in [-0.25, -0.2) is 0 Å². The van der Waals surface area contributed by atoms with Crippen molar-refractivity contribution in [1.82, 2.24) is 15.5 Å². The predicted octanol–water partition coefficient (Wildman–Crippen LogP) is 0.646. The molecular weight excluding hydrogens is 232 g/mol. The van der Waals surface area contributed by atoms with E-state index in [1.807, 2.05) is 6.92 Å². The van der Waals surface area contributed by atoms with Crippen LogP contribution in [-0.2, 0) is 0 Å². The highest BCUT2D eigenvalue weighted by molar-refractivity contribution is 6.05. The summed E-state index contributed by atoms with van der Waals surface area (Å²) in [6.45, 7) is 1.80. The minimum Gasteiger partial charge on any atom is -0.399 e. The van der Waals surface area contributed by atoms with E-state index in [-0.39, 0.29) is 18.6 Å². The van der Waals surface area contributed by atoms with Crippen LogP contribution in [0.5, 0.6) is 0 Å². The molecular formula is C12H16N4O2. The van der Waals surface area contributed by atoms with E-state index >= 15 is 0 Å². The van der Waals surface area contributed by atoms with Gasteiger partial charge in [-0.05, 0) is 24.6 Å². The number of fused-ring (bicyclic) bond motifs is 1. The standard InChI is InChI=1S/C12H16N4O2/c1-2-8(6-17)14-12(18)11-9-5-7(13)3-4-10(9)15-16-11/h3-5,8,17H,2,6,13H2,1H3,(H,14,18)(H,15,16)/t8-/m0/s1. The Bertz CT molecular complexity index is 560. The Hall–Kier alpha value is -2.08. The monoisotopic (exact) mass is 248 g/mol. The van der Waals surface area contributed by atoms with Gasteiger partial charge >= 0.3 is 0 Å². The Morgan fingerprint density at radius 3 is 3.06 bits per heavy atom. The van der Waals surface area contributed by atoms with Crippen LogP contribution in [0.2, 0.25) is 0 Å². The van der Waals surface area contributed by atoms with Crippen LogP contribution < -0.4 is 11.1 Å². The minimum atomic E-state index is -0.312. The molecule has 2 aromatic rings. The summed E-state index contributed by atoms with van der Waals surface area (Å²) < 4.78 is 0. The number of aliphatic hydroxyl groups is 1. The fourth-order valence-corrected chi connectivity index (χ4v) is 1.74. The maximum atomic E-state index is 12.0. The predicted molar refractivity (Wildman–Crippen MR) is 69.1 cm³/mol. The first kappa shape index (κ1) is 12.4. The lowest BCUT2D eigenvalue weighted by Crippen LogP contribution is -2.37. The van der Waals surface area contributed by atoms with Crippen LogP contribution in [0.25, 0.3) is 10.9 Å². The van der Waals surface area contributed by atoms with E-state index in [0.717, 1.165) is 5.52 Å². The zero-order chi connectivity index (χ0) is 13.1. The molecule has 0 fully saturated rings. The van der Waals surface area contributed by atoms with E-state index in [1.165, 1.54) is 0 Å². The van der Waals surface area contributed by atoms with Crippen LogP contribution in [0.15, 0.2) is 18.2 Å². The van der Waals surface area contributed by atoms with Crippen molar-refractivity contribution >= 4 is 22.5 Å². The van der Waals surface area contributed by atoms with E-state index < -0.39 is 0 Å². The Morgan fingerprint density at radius 2 is 2.39 bits per heavy atom. The molecule has 1 amide bonds. The highest BCUT2D eigenvalue weighted by atomic mass is 16.3. The summed E-state index contributed by atoms with van der Waals surface area (Å²) in [5.41, 5.74) is 7.32. The maximum Gasteiger partial charge on any atom is 0.272 e. The van der Waals surface area contributed by atoms with Gasteiger partial charge in [-0.1, -0.05) is 6.92 Å². The third-order valence-electron chi connectivity index (χ3n) is 2.85. The summed E-state index contributed by atoms with van der Waals surface area (Å²) in [6, 6.07) is 4.96. The zero-order valence-corrected chi connectivity index (χ0v) is 10.1. The van der Waals surface area contributed by atoms with Gasteiger partial charge in [0, 0.05) is 11.1 Å². The van der Waals surface area contributed by atoms with Crippen LogP contribution in [0.3, 0.4) is 0 Å². The second-order valence-electron chi connectivity index (χ2n) is 4.14. The molecule has 1 heterocycles. The van der Waals surface area contributed by atoms with Gasteiger partial charge in [0.05, 0.1) is 18.2 Å². The van der Waals surface area contributed by atoms with Crippen molar-refractivity contribution in [3.63, 3.8) is 0 Å². The number of hydrogen-bond acceptors (Lipinski definition) is 4. The summed E-state index contributed by atoms with van der Waals surface area (Å²) in [4.78, 5) is 12.0. The van der Waals surface area contributed by atoms with E-state index in [4.69, 9.17) is 10.8 Å². The molecule has 6 nitrogen and oxygen atoms in total. The quantitative estimate of drug-likeness (QED) is 0.596. The first-order chi connectivity index (χ1) is 8.65. The molecule has 0 radical (unpaired) electrons. The Kier molecular flexibility index (Phi) is 3.47. The normalized spacial score (nSPS) is 12.6. The number of carbonyl (C=O) groups excluding carboxylic acids is 1. The number of rotatable bonds is 4. The van der Waals surface area contributed by atoms with Crippen molar-refractivity contribution in [1.29, 1.82) is 0 Å². The van der Waals surface area contributed by atoms with Gasteiger partial charge in [0.2, 0.25) is 0 Å². The Morgan fingerprint density at radius 1 is 1.61 bits per heavy atom. The molecule has 0 spiro atoms. The van der Waals surface area contributed by atoms with Gasteiger partial charge in [-0.2, -0.15) is 5.10 Å². The second-order valence-corrected chi connectivity index (χ2v) is 4.14. The fourth-order valence-electron chi connectivity index (χ4n) is 1.74. The molecule has 0 bridgehead atoms. The first-order valence-corrected chi connectivity index (χ1v) is 5.81. The number of H-pyrrole nitrogens is 1. The van der Waals surface area contributed by atoms with Gasteiger partial charge in [-0.3, -0.25) is 9.89 Å². The Labute approximate surface area is 104 Å². The van der Waals surface area contributed by atoms with Gasteiger partial charge < -0.3 is 16.2 Å². The van der Waals surface area contributed by atoms with E-state index in [9.17, 15) is 4.79 Å². The van der Waals surface area contributed by atoms with Crippen LogP contribution in [-0.4, -0.2) is 33.9 Å². The third-order valence-corrected chi connectivity index (χ3v) is 2.85. The van der Waals surface area contributed by atoms with E-state index in [2.05, 4.69) is 15.5 Å². The summed E-state index contributed by atoms with van der Waals surface area (Å²) in [5.74, 6) is -0.312. The fraction of sp³-hybridized carbons (Fsp3) is 0.333. The van der Waals surface area contributed by atoms with Crippen molar-refractivity contribution in [3.05, 3.63) is 23.9 Å². The van der Waals surface area contributed by atoms with Crippen molar-refractivity contribution in [2.45, 2.75) is 19.4 Å². The number of nitrogens with zero attached hydrogens (tertiary/aromatic N) is 1. The molecule has 0 unspecified atom stereocenters.